The molecule has 0 fully saturated rings. The number of nitriles is 2. The number of hydrogen-bond acceptors (Lipinski definition) is 6. The highest BCUT2D eigenvalue weighted by Gasteiger charge is 2.13. The van der Waals surface area contributed by atoms with Crippen molar-refractivity contribution in [1.82, 2.24) is 0 Å². The zero-order valence-electron chi connectivity index (χ0n) is 26.9. The third-order valence-electron chi connectivity index (χ3n) is 8.21. The molecule has 5 rings (SSSR count). The minimum atomic E-state index is -0.631. The highest BCUT2D eigenvalue weighted by atomic mass is 19.1. The lowest BCUT2D eigenvalue weighted by atomic mass is 9.98. The van der Waals surface area contributed by atoms with Crippen molar-refractivity contribution in [3.8, 4) is 45.9 Å². The van der Waals surface area contributed by atoms with Crippen LogP contribution in [0.15, 0.2) is 97.1 Å². The molecule has 246 valence electrons. The van der Waals surface area contributed by atoms with Crippen LogP contribution >= 0.6 is 0 Å². The van der Waals surface area contributed by atoms with Gasteiger partial charge in [-0.1, -0.05) is 68.5 Å². The summed E-state index contributed by atoms with van der Waals surface area (Å²) in [6, 6.07) is 29.9. The molecule has 0 saturated carbocycles. The van der Waals surface area contributed by atoms with Crippen molar-refractivity contribution in [2.75, 3.05) is 0 Å². The smallest absolute Gasteiger partial charge is 0.311 e. The van der Waals surface area contributed by atoms with Crippen LogP contribution in [-0.4, -0.2) is 11.9 Å². The average Bonchev–Trinajstić information content (AvgIpc) is 3.10. The molecule has 0 bridgehead atoms. The molecular weight excluding hydrogens is 622 g/mol. The Morgan fingerprint density at radius 1 is 0.510 bits per heavy atom. The van der Waals surface area contributed by atoms with Crippen molar-refractivity contribution in [2.24, 2.45) is 0 Å². The first-order valence-corrected chi connectivity index (χ1v) is 16.3. The third kappa shape index (κ3) is 9.59. The van der Waals surface area contributed by atoms with Gasteiger partial charge in [0.2, 0.25) is 0 Å². The molecule has 0 radical (unpaired) electrons. The molecule has 0 amide bonds. The maximum absolute atomic E-state index is 14.9. The standard InChI is InChI=1S/C41H34F2N2O4/c42-38-24-33(17-20-36(38)30-13-10-28(26-44)11-14-30)37-21-19-35(25-39(37)43)49-41(47)9-7-5-3-1-2-4-6-8-40(46)48-34-18-16-31-22-29(27-45)12-15-32(31)23-34/h10-25H,1-9H2. The van der Waals surface area contributed by atoms with Crippen LogP contribution in [0, 0.1) is 34.3 Å². The van der Waals surface area contributed by atoms with Crippen molar-refractivity contribution in [2.45, 2.75) is 57.8 Å². The Balaban J connectivity index is 0.960. The van der Waals surface area contributed by atoms with Gasteiger partial charge in [0, 0.05) is 30.0 Å². The minimum Gasteiger partial charge on any atom is -0.427 e. The lowest BCUT2D eigenvalue weighted by Gasteiger charge is -2.10. The maximum atomic E-state index is 14.9. The second kappa shape index (κ2) is 16.8. The number of esters is 2. The summed E-state index contributed by atoms with van der Waals surface area (Å²) >= 11 is 0. The van der Waals surface area contributed by atoms with Crippen molar-refractivity contribution in [3.63, 3.8) is 0 Å². The number of hydrogen-bond donors (Lipinski definition) is 0. The van der Waals surface area contributed by atoms with E-state index in [-0.39, 0.29) is 23.7 Å². The first-order chi connectivity index (χ1) is 23.8. The van der Waals surface area contributed by atoms with E-state index in [0.29, 0.717) is 46.4 Å². The Kier molecular flexibility index (Phi) is 11.8. The zero-order chi connectivity index (χ0) is 34.6. The lowest BCUT2D eigenvalue weighted by Crippen LogP contribution is -2.08. The summed E-state index contributed by atoms with van der Waals surface area (Å²) in [5, 5.41) is 19.8. The lowest BCUT2D eigenvalue weighted by molar-refractivity contribution is -0.135. The monoisotopic (exact) mass is 656 g/mol. The fourth-order valence-corrected chi connectivity index (χ4v) is 5.58. The van der Waals surface area contributed by atoms with E-state index in [2.05, 4.69) is 6.07 Å². The Bertz CT molecular complexity index is 2040. The summed E-state index contributed by atoms with van der Waals surface area (Å²) < 4.78 is 40.7. The van der Waals surface area contributed by atoms with Gasteiger partial charge in [-0.25, -0.2) is 8.78 Å². The number of halogens is 2. The van der Waals surface area contributed by atoms with Crippen LogP contribution in [-0.2, 0) is 9.59 Å². The average molecular weight is 657 g/mol. The van der Waals surface area contributed by atoms with E-state index in [1.807, 2.05) is 18.2 Å². The Hall–Kier alpha value is -5.86. The van der Waals surface area contributed by atoms with Crippen molar-refractivity contribution >= 4 is 22.7 Å². The van der Waals surface area contributed by atoms with Crippen molar-refractivity contribution in [3.05, 3.63) is 120 Å². The van der Waals surface area contributed by atoms with Crippen molar-refractivity contribution < 1.29 is 27.8 Å². The van der Waals surface area contributed by atoms with Crippen LogP contribution in [0.2, 0.25) is 0 Å². The van der Waals surface area contributed by atoms with Gasteiger partial charge in [0.1, 0.15) is 23.1 Å². The summed E-state index contributed by atoms with van der Waals surface area (Å²) in [6.45, 7) is 0. The molecule has 0 aliphatic carbocycles. The van der Waals surface area contributed by atoms with Crippen LogP contribution < -0.4 is 9.47 Å². The van der Waals surface area contributed by atoms with Crippen LogP contribution in [0.1, 0.15) is 68.9 Å². The first kappa shape index (κ1) is 34.5. The molecule has 0 heterocycles. The van der Waals surface area contributed by atoms with Gasteiger partial charge in [-0.3, -0.25) is 9.59 Å². The Labute approximate surface area is 284 Å². The third-order valence-corrected chi connectivity index (χ3v) is 8.21. The van der Waals surface area contributed by atoms with Crippen LogP contribution in [0.25, 0.3) is 33.0 Å². The second-order valence-corrected chi connectivity index (χ2v) is 11.8. The maximum Gasteiger partial charge on any atom is 0.311 e. The van der Waals surface area contributed by atoms with E-state index in [1.54, 1.807) is 60.7 Å². The van der Waals surface area contributed by atoms with Gasteiger partial charge in [0.05, 0.1) is 23.3 Å². The summed E-state index contributed by atoms with van der Waals surface area (Å²) in [6.07, 6.45) is 6.61. The zero-order valence-corrected chi connectivity index (χ0v) is 26.9. The number of fused-ring (bicyclic) bond motifs is 1. The molecule has 0 unspecified atom stereocenters. The van der Waals surface area contributed by atoms with E-state index < -0.39 is 17.6 Å². The molecule has 0 saturated heterocycles. The quantitative estimate of drug-likeness (QED) is 0.0670. The highest BCUT2D eigenvalue weighted by Crippen LogP contribution is 2.31. The van der Waals surface area contributed by atoms with Crippen LogP contribution in [0.5, 0.6) is 11.5 Å². The van der Waals surface area contributed by atoms with E-state index in [9.17, 15) is 18.4 Å². The van der Waals surface area contributed by atoms with Crippen LogP contribution in [0.4, 0.5) is 8.78 Å². The minimum absolute atomic E-state index is 0.0919. The molecule has 5 aromatic rings. The predicted octanol–water partition coefficient (Wildman–Crippen LogP) is 10.2. The fourth-order valence-electron chi connectivity index (χ4n) is 5.58. The van der Waals surface area contributed by atoms with Gasteiger partial charge in [-0.15, -0.1) is 0 Å². The number of benzene rings is 5. The molecule has 0 aromatic heterocycles. The van der Waals surface area contributed by atoms with Gasteiger partial charge in [0.15, 0.2) is 0 Å². The van der Waals surface area contributed by atoms with E-state index in [1.165, 1.54) is 18.2 Å². The number of unbranched alkanes of at least 4 members (excludes halogenated alkanes) is 6. The van der Waals surface area contributed by atoms with Gasteiger partial charge in [0.25, 0.3) is 0 Å². The summed E-state index contributed by atoms with van der Waals surface area (Å²) in [5.74, 6) is -1.29. The number of carbonyl (C=O) groups excluding carboxylic acids is 2. The highest BCUT2D eigenvalue weighted by molar-refractivity contribution is 5.86. The number of nitrogens with zero attached hydrogens (tertiary/aromatic N) is 2. The molecule has 49 heavy (non-hydrogen) atoms. The molecule has 8 heteroatoms. The van der Waals surface area contributed by atoms with Crippen LogP contribution in [0.3, 0.4) is 0 Å². The number of ether oxygens (including phenoxy) is 2. The largest absolute Gasteiger partial charge is 0.427 e. The fraction of sp³-hybridized carbons (Fsp3) is 0.220. The molecular formula is C41H34F2N2O4. The SMILES string of the molecule is N#Cc1ccc(-c2ccc(-c3ccc(OC(=O)CCCCCCCCCC(=O)Oc4ccc5cc(C#N)ccc5c4)cc3F)cc2F)cc1. The number of rotatable bonds is 14. The Morgan fingerprint density at radius 3 is 1.59 bits per heavy atom. The van der Waals surface area contributed by atoms with Gasteiger partial charge < -0.3 is 9.47 Å². The summed E-state index contributed by atoms with van der Waals surface area (Å²) in [4.78, 5) is 24.6. The molecule has 0 N–H and O–H groups in total. The Morgan fingerprint density at radius 2 is 0.980 bits per heavy atom. The molecule has 0 aliphatic heterocycles. The van der Waals surface area contributed by atoms with E-state index >= 15 is 0 Å². The topological polar surface area (TPSA) is 100 Å². The molecule has 5 aromatic carbocycles. The normalized spacial score (nSPS) is 10.7. The van der Waals surface area contributed by atoms with E-state index in [4.69, 9.17) is 20.0 Å². The predicted molar refractivity (Wildman–Crippen MR) is 183 cm³/mol. The summed E-state index contributed by atoms with van der Waals surface area (Å²) in [5.41, 5.74) is 2.54. The van der Waals surface area contributed by atoms with Gasteiger partial charge >= 0.3 is 11.9 Å². The molecule has 0 aliphatic rings. The van der Waals surface area contributed by atoms with Gasteiger partial charge in [-0.2, -0.15) is 10.5 Å². The second-order valence-electron chi connectivity index (χ2n) is 11.8. The molecule has 0 atom stereocenters. The molecule has 6 nitrogen and oxygen atoms in total. The van der Waals surface area contributed by atoms with Crippen molar-refractivity contribution in [1.29, 1.82) is 10.5 Å². The van der Waals surface area contributed by atoms with Gasteiger partial charge in [-0.05, 0) is 89.3 Å². The van der Waals surface area contributed by atoms with E-state index in [0.717, 1.165) is 55.4 Å². The summed E-state index contributed by atoms with van der Waals surface area (Å²) in [7, 11) is 0. The molecule has 0 spiro atoms. The number of carbonyl (C=O) groups is 2. The first-order valence-electron chi connectivity index (χ1n) is 16.3.